The first-order valence-corrected chi connectivity index (χ1v) is 49.3. The van der Waals surface area contributed by atoms with Gasteiger partial charge < -0.3 is 114 Å². The van der Waals surface area contributed by atoms with E-state index in [4.69, 9.17) is 114 Å². The third-order valence-electron chi connectivity index (χ3n) is 23.8. The second kappa shape index (κ2) is 54.7. The summed E-state index contributed by atoms with van der Waals surface area (Å²) in [7, 11) is 0. The van der Waals surface area contributed by atoms with Crippen LogP contribution in [0.5, 0.6) is 69.0 Å². The van der Waals surface area contributed by atoms with Crippen LogP contribution in [0.1, 0.15) is 110 Å². The minimum atomic E-state index is -0.965. The lowest BCUT2D eigenvalue weighted by molar-refractivity contribution is -0.131. The summed E-state index contributed by atoms with van der Waals surface area (Å²) in [6.45, 7) is 9.15. The molecule has 0 saturated carbocycles. The lowest BCUT2D eigenvalue weighted by Crippen LogP contribution is -2.11. The fourth-order valence-electron chi connectivity index (χ4n) is 15.3. The highest BCUT2D eigenvalue weighted by Crippen LogP contribution is 2.48. The molecular formula is C114H120O30. The Morgan fingerprint density at radius 2 is 0.347 bits per heavy atom. The van der Waals surface area contributed by atoms with Gasteiger partial charge >= 0.3 is 35.8 Å². The molecule has 6 saturated heterocycles. The molecule has 0 bridgehead atoms. The average molecular weight is 1970 g/mol. The van der Waals surface area contributed by atoms with Crippen LogP contribution in [0.2, 0.25) is 0 Å². The molecule has 10 aromatic carbocycles. The van der Waals surface area contributed by atoms with Crippen molar-refractivity contribution in [2.75, 3.05) is 119 Å². The number of esters is 6. The summed E-state index contributed by atoms with van der Waals surface area (Å²) in [5, 5.41) is 1.22. The standard InChI is InChI=1S/C114H120O30/c115-109(43-55-121-49-1-7-79-13-25-85(26-14-79)127-61-37-91-73-133-91)139-103-67-97-98(68-104(103)140-110(116)44-56-122-50-2-8-80-15-27-86(28-16-80)128-62-38-92-74-134-92)100-70-106(142-112(118)46-58-124-52-4-10-82-19-31-88(32-20-82)130-64-40-94-76-136-94)108(144-114(120)48-60-126-54-6-12-84-23-35-90(36-24-84)132-66-42-96-78-138-96)72-102(100)101-71-107(143-113(119)47-59-125-53-5-11-83-21-33-89(34-22-83)131-65-41-95-77-137-95)105(69-99(97)101)141-111(117)45-57-123-51-3-9-81-17-29-87(30-18-81)129-63-39-93-75-135-93/h13-36,43-48,55-60,67-72,91-96H,1-12,37-42,49-54,61-66,73-78H2. The van der Waals surface area contributed by atoms with E-state index in [0.717, 1.165) is 183 Å². The van der Waals surface area contributed by atoms with Crippen LogP contribution in [-0.2, 0) is 124 Å². The van der Waals surface area contributed by atoms with Gasteiger partial charge in [-0.15, -0.1) is 0 Å². The highest BCUT2D eigenvalue weighted by atomic mass is 16.6. The van der Waals surface area contributed by atoms with Crippen LogP contribution in [0.15, 0.2) is 256 Å². The number of epoxide rings is 6. The molecule has 6 atom stereocenters. The summed E-state index contributed by atoms with van der Waals surface area (Å²) in [5.41, 5.74) is 6.28. The zero-order valence-corrected chi connectivity index (χ0v) is 80.4. The Morgan fingerprint density at radius 3 is 0.479 bits per heavy atom. The molecule has 30 heteroatoms. The van der Waals surface area contributed by atoms with Gasteiger partial charge in [-0.2, -0.15) is 0 Å². The quantitative estimate of drug-likeness (QED) is 0.00650. The second-order valence-electron chi connectivity index (χ2n) is 35.1. The number of benzene rings is 10. The normalized spacial score (nSPS) is 16.8. The molecule has 30 nitrogen and oxygen atoms in total. The summed E-state index contributed by atoms with van der Waals surface area (Å²) >= 11 is 0. The summed E-state index contributed by atoms with van der Waals surface area (Å²) in [6.07, 6.45) is 27.4. The molecule has 0 amide bonds. The fourth-order valence-corrected chi connectivity index (χ4v) is 15.3. The van der Waals surface area contributed by atoms with Gasteiger partial charge in [-0.05, 0) is 252 Å². The number of carbonyl (C=O) groups excluding carboxylic acids is 6. The first-order chi connectivity index (χ1) is 70.8. The minimum absolute atomic E-state index is 0.203. The van der Waals surface area contributed by atoms with Crippen molar-refractivity contribution in [2.45, 2.75) is 152 Å². The van der Waals surface area contributed by atoms with E-state index in [-0.39, 0.29) is 143 Å². The number of carbonyl (C=O) groups is 6. The zero-order valence-electron chi connectivity index (χ0n) is 80.4. The van der Waals surface area contributed by atoms with Crippen molar-refractivity contribution >= 4 is 68.1 Å². The van der Waals surface area contributed by atoms with Gasteiger partial charge in [0.2, 0.25) is 0 Å². The maximum absolute atomic E-state index is 14.4. The van der Waals surface area contributed by atoms with Crippen LogP contribution < -0.4 is 56.8 Å². The lowest BCUT2D eigenvalue weighted by atomic mass is 9.93. The van der Waals surface area contributed by atoms with E-state index in [9.17, 15) is 28.8 Å². The van der Waals surface area contributed by atoms with Gasteiger partial charge in [0, 0.05) is 38.5 Å². The molecule has 0 aromatic heterocycles. The average Bonchev–Trinajstić information content (AvgIpc) is 1.46. The van der Waals surface area contributed by atoms with E-state index in [1.54, 1.807) is 0 Å². The molecule has 0 aliphatic carbocycles. The number of hydrogen-bond donors (Lipinski definition) is 0. The first kappa shape index (κ1) is 103. The van der Waals surface area contributed by atoms with Gasteiger partial charge in [-0.1, -0.05) is 72.8 Å². The van der Waals surface area contributed by atoms with Crippen LogP contribution in [0, 0.1) is 0 Å². The molecule has 0 N–H and O–H groups in total. The Labute approximate surface area is 835 Å². The van der Waals surface area contributed by atoms with Gasteiger partial charge in [-0.25, -0.2) is 28.8 Å². The van der Waals surface area contributed by atoms with Gasteiger partial charge in [0.05, 0.1) is 230 Å². The predicted octanol–water partition coefficient (Wildman–Crippen LogP) is 18.6. The van der Waals surface area contributed by atoms with Crippen molar-refractivity contribution < 1.29 is 142 Å². The van der Waals surface area contributed by atoms with Crippen LogP contribution in [-0.4, -0.2) is 191 Å². The van der Waals surface area contributed by atoms with E-state index in [2.05, 4.69) is 0 Å². The molecule has 16 rings (SSSR count). The highest BCUT2D eigenvalue weighted by molar-refractivity contribution is 6.27. The van der Waals surface area contributed by atoms with Gasteiger partial charge in [0.1, 0.15) is 34.5 Å². The van der Waals surface area contributed by atoms with Crippen molar-refractivity contribution in [1.29, 1.82) is 0 Å². The summed E-state index contributed by atoms with van der Waals surface area (Å²) in [4.78, 5) is 86.4. The predicted molar refractivity (Wildman–Crippen MR) is 531 cm³/mol. The van der Waals surface area contributed by atoms with E-state index in [0.29, 0.717) is 117 Å². The Kier molecular flexibility index (Phi) is 39.0. The van der Waals surface area contributed by atoms with E-state index < -0.39 is 35.8 Å². The Bertz CT molecular complexity index is 5050. The van der Waals surface area contributed by atoms with Crippen LogP contribution in [0.3, 0.4) is 0 Å². The maximum atomic E-state index is 14.4. The van der Waals surface area contributed by atoms with Gasteiger partial charge in [0.25, 0.3) is 0 Å². The topological polar surface area (TPSA) is 344 Å². The monoisotopic (exact) mass is 1970 g/mol. The van der Waals surface area contributed by atoms with E-state index in [1.807, 2.05) is 146 Å². The molecule has 756 valence electrons. The zero-order chi connectivity index (χ0) is 98.9. The Balaban J connectivity index is 0.705. The van der Waals surface area contributed by atoms with E-state index in [1.165, 1.54) is 74.0 Å². The number of aryl methyl sites for hydroxylation is 6. The van der Waals surface area contributed by atoms with Crippen LogP contribution in [0.4, 0.5) is 0 Å². The molecule has 6 fully saturated rings. The molecular weight excluding hydrogens is 1850 g/mol. The first-order valence-electron chi connectivity index (χ1n) is 49.3. The maximum Gasteiger partial charge on any atom is 0.339 e. The molecule has 6 aliphatic heterocycles. The molecule has 6 aliphatic rings. The molecule has 0 spiro atoms. The Hall–Kier alpha value is -14.4. The summed E-state index contributed by atoms with van der Waals surface area (Å²) < 4.78 is 139. The van der Waals surface area contributed by atoms with E-state index >= 15 is 0 Å². The van der Waals surface area contributed by atoms with Crippen LogP contribution in [0.25, 0.3) is 32.3 Å². The third-order valence-corrected chi connectivity index (χ3v) is 23.8. The summed E-state index contributed by atoms with van der Waals surface area (Å²) in [5.74, 6) is -3.16. The van der Waals surface area contributed by atoms with Crippen molar-refractivity contribution in [3.05, 3.63) is 289 Å². The Morgan fingerprint density at radius 1 is 0.208 bits per heavy atom. The fraction of sp³-hybridized carbons (Fsp3) is 0.368. The van der Waals surface area contributed by atoms with Gasteiger partial charge in [-0.3, -0.25) is 0 Å². The highest BCUT2D eigenvalue weighted by Gasteiger charge is 2.29. The van der Waals surface area contributed by atoms with Crippen molar-refractivity contribution in [3.63, 3.8) is 0 Å². The molecule has 6 heterocycles. The van der Waals surface area contributed by atoms with Gasteiger partial charge in [0.15, 0.2) is 34.5 Å². The summed E-state index contributed by atoms with van der Waals surface area (Å²) in [6, 6.07) is 55.3. The number of fused-ring (bicyclic) bond motifs is 6. The molecule has 0 radical (unpaired) electrons. The number of rotatable bonds is 66. The number of ether oxygens (including phenoxy) is 24. The second-order valence-corrected chi connectivity index (χ2v) is 35.1. The smallest absolute Gasteiger partial charge is 0.339 e. The van der Waals surface area contributed by atoms with Crippen molar-refractivity contribution in [1.82, 2.24) is 0 Å². The lowest BCUT2D eigenvalue weighted by Gasteiger charge is -2.18. The molecule has 6 unspecified atom stereocenters. The van der Waals surface area contributed by atoms with Crippen molar-refractivity contribution in [3.8, 4) is 69.0 Å². The largest absolute Gasteiger partial charge is 0.501 e. The molecule has 10 aromatic rings. The van der Waals surface area contributed by atoms with Crippen LogP contribution >= 0.6 is 0 Å². The molecule has 144 heavy (non-hydrogen) atoms. The number of hydrogen-bond acceptors (Lipinski definition) is 30. The van der Waals surface area contributed by atoms with Crippen molar-refractivity contribution in [2.24, 2.45) is 0 Å². The third kappa shape index (κ3) is 36.2. The minimum Gasteiger partial charge on any atom is -0.501 e. The SMILES string of the molecule is O=C(C=COCCCc1ccc(OCCC2CO2)cc1)Oc1cc2c3cc(OC(=O)C=COCCCc4ccc(OCCC5CO5)cc4)c(OC(=O)C=COCCCc4ccc(OCCC5CO5)cc4)cc3c3cc(OC(=O)C=COCCCc4ccc(OCCC5CO5)cc4)c(OC(=O)C=COCCCc4ccc(OCCC5CO5)cc4)cc3c2cc1OC(=O)C=COCCCc1ccc(OCCC2CO2)cc1.